The van der Waals surface area contributed by atoms with Gasteiger partial charge >= 0.3 is 5.97 Å². The van der Waals surface area contributed by atoms with Crippen LogP contribution in [0, 0.1) is 0 Å². The van der Waals surface area contributed by atoms with Crippen LogP contribution in [0.3, 0.4) is 0 Å². The number of aromatic hydroxyl groups is 1. The summed E-state index contributed by atoms with van der Waals surface area (Å²) in [5.41, 5.74) is -1.24. The molecule has 4 nitrogen and oxygen atoms in total. The number of phenolic OH excluding ortho intramolecular Hbond substituents is 1. The smallest absolute Gasteiger partial charge is 0.340 e. The van der Waals surface area contributed by atoms with Gasteiger partial charge in [-0.2, -0.15) is 0 Å². The van der Waals surface area contributed by atoms with Crippen molar-refractivity contribution in [2.75, 3.05) is 6.61 Å². The topological polar surface area (TPSA) is 66.8 Å². The largest absolute Gasteiger partial charge is 0.508 e. The second kappa shape index (κ2) is 4.31. The Morgan fingerprint density at radius 3 is 2.53 bits per heavy atom. The molecular formula is C11H14O4. The van der Waals surface area contributed by atoms with E-state index in [1.807, 2.05) is 0 Å². The van der Waals surface area contributed by atoms with Crippen molar-refractivity contribution in [3.63, 3.8) is 0 Å². The Kier molecular flexibility index (Phi) is 3.31. The van der Waals surface area contributed by atoms with Gasteiger partial charge in [-0.15, -0.1) is 0 Å². The maximum atomic E-state index is 11.1. The van der Waals surface area contributed by atoms with Gasteiger partial charge in [-0.1, -0.05) is 18.2 Å². The molecule has 15 heavy (non-hydrogen) atoms. The van der Waals surface area contributed by atoms with Crippen LogP contribution in [-0.4, -0.2) is 22.8 Å². The van der Waals surface area contributed by atoms with E-state index in [1.165, 1.54) is 13.0 Å². The third-order valence-electron chi connectivity index (χ3n) is 2.26. The van der Waals surface area contributed by atoms with Crippen LogP contribution < -0.4 is 0 Å². The number of benzene rings is 1. The molecule has 0 aliphatic rings. The highest BCUT2D eigenvalue weighted by Crippen LogP contribution is 2.32. The third-order valence-corrected chi connectivity index (χ3v) is 2.26. The van der Waals surface area contributed by atoms with Gasteiger partial charge < -0.3 is 14.9 Å². The fraction of sp³-hybridized carbons (Fsp3) is 0.364. The van der Waals surface area contributed by atoms with E-state index in [-0.39, 0.29) is 17.9 Å². The maximum Gasteiger partial charge on any atom is 0.340 e. The molecule has 0 aromatic heterocycles. The van der Waals surface area contributed by atoms with Crippen molar-refractivity contribution in [3.05, 3.63) is 29.8 Å². The van der Waals surface area contributed by atoms with Gasteiger partial charge in [0.25, 0.3) is 0 Å². The van der Waals surface area contributed by atoms with Crippen LogP contribution in [-0.2, 0) is 15.1 Å². The summed E-state index contributed by atoms with van der Waals surface area (Å²) in [6.07, 6.45) is 0. The lowest BCUT2D eigenvalue weighted by Gasteiger charge is -2.25. The Morgan fingerprint density at radius 2 is 2.07 bits per heavy atom. The molecule has 0 spiro atoms. The molecule has 1 aromatic carbocycles. The molecule has 1 atom stereocenters. The summed E-state index contributed by atoms with van der Waals surface area (Å²) in [5.74, 6) is -1.19. The Bertz CT molecular complexity index is 361. The summed E-state index contributed by atoms with van der Waals surface area (Å²) in [5, 5.41) is 18.7. The predicted octanol–water partition coefficient (Wildman–Crippen LogP) is 1.73. The summed E-state index contributed by atoms with van der Waals surface area (Å²) in [4.78, 5) is 11.1. The van der Waals surface area contributed by atoms with Crippen LogP contribution >= 0.6 is 0 Å². The van der Waals surface area contributed by atoms with E-state index in [2.05, 4.69) is 0 Å². The van der Waals surface area contributed by atoms with Gasteiger partial charge in [0.1, 0.15) is 5.75 Å². The van der Waals surface area contributed by atoms with Crippen molar-refractivity contribution >= 4 is 5.97 Å². The summed E-state index contributed by atoms with van der Waals surface area (Å²) >= 11 is 0. The van der Waals surface area contributed by atoms with E-state index in [9.17, 15) is 9.90 Å². The van der Waals surface area contributed by atoms with E-state index < -0.39 is 11.6 Å². The number of aliphatic carboxylic acids is 1. The number of carboxylic acid groups (broad SMARTS) is 1. The fourth-order valence-corrected chi connectivity index (χ4v) is 1.42. The summed E-state index contributed by atoms with van der Waals surface area (Å²) in [6.45, 7) is 3.40. The Hall–Kier alpha value is -1.55. The van der Waals surface area contributed by atoms with Gasteiger partial charge in [-0.3, -0.25) is 0 Å². The monoisotopic (exact) mass is 210 g/mol. The van der Waals surface area contributed by atoms with E-state index in [1.54, 1.807) is 25.1 Å². The zero-order valence-electron chi connectivity index (χ0n) is 8.73. The van der Waals surface area contributed by atoms with Gasteiger partial charge in [-0.25, -0.2) is 4.79 Å². The van der Waals surface area contributed by atoms with Gasteiger partial charge in [0.2, 0.25) is 0 Å². The van der Waals surface area contributed by atoms with Crippen molar-refractivity contribution < 1.29 is 19.7 Å². The van der Waals surface area contributed by atoms with E-state index in [4.69, 9.17) is 9.84 Å². The first-order chi connectivity index (χ1) is 7.02. The predicted molar refractivity (Wildman–Crippen MR) is 54.7 cm³/mol. The average Bonchev–Trinajstić information content (AvgIpc) is 2.18. The van der Waals surface area contributed by atoms with Crippen LogP contribution in [0.25, 0.3) is 0 Å². The van der Waals surface area contributed by atoms with Gasteiger partial charge in [-0.05, 0) is 19.9 Å². The molecule has 0 bridgehead atoms. The van der Waals surface area contributed by atoms with E-state index in [0.717, 1.165) is 0 Å². The first-order valence-electron chi connectivity index (χ1n) is 4.68. The van der Waals surface area contributed by atoms with Crippen LogP contribution in [0.1, 0.15) is 19.4 Å². The molecule has 0 radical (unpaired) electrons. The molecule has 0 fully saturated rings. The summed E-state index contributed by atoms with van der Waals surface area (Å²) in [6, 6.07) is 6.27. The molecule has 0 heterocycles. The summed E-state index contributed by atoms with van der Waals surface area (Å²) in [7, 11) is 0. The zero-order chi connectivity index (χ0) is 11.5. The SMILES string of the molecule is CCOC(C)(C(=O)O)c1ccccc1O. The lowest BCUT2D eigenvalue weighted by atomic mass is 9.95. The molecule has 0 amide bonds. The Labute approximate surface area is 88.1 Å². The molecule has 0 aliphatic heterocycles. The van der Waals surface area contributed by atoms with Crippen molar-refractivity contribution in [3.8, 4) is 5.75 Å². The second-order valence-electron chi connectivity index (χ2n) is 3.29. The first-order valence-corrected chi connectivity index (χ1v) is 4.68. The average molecular weight is 210 g/mol. The minimum atomic E-state index is -1.50. The zero-order valence-corrected chi connectivity index (χ0v) is 8.73. The molecule has 2 N–H and O–H groups in total. The van der Waals surface area contributed by atoms with Crippen LogP contribution in [0.5, 0.6) is 5.75 Å². The number of hydrogen-bond acceptors (Lipinski definition) is 3. The highest BCUT2D eigenvalue weighted by atomic mass is 16.5. The van der Waals surface area contributed by atoms with Crippen LogP contribution in [0.15, 0.2) is 24.3 Å². The number of phenols is 1. The van der Waals surface area contributed by atoms with Crippen LogP contribution in [0.2, 0.25) is 0 Å². The van der Waals surface area contributed by atoms with E-state index in [0.29, 0.717) is 0 Å². The number of hydrogen-bond donors (Lipinski definition) is 2. The molecule has 1 unspecified atom stereocenters. The highest BCUT2D eigenvalue weighted by Gasteiger charge is 2.38. The number of para-hydroxylation sites is 1. The van der Waals surface area contributed by atoms with Crippen molar-refractivity contribution in [2.45, 2.75) is 19.4 Å². The molecular weight excluding hydrogens is 196 g/mol. The van der Waals surface area contributed by atoms with Gasteiger partial charge in [0.05, 0.1) is 0 Å². The number of rotatable bonds is 4. The Balaban J connectivity index is 3.21. The lowest BCUT2D eigenvalue weighted by Crippen LogP contribution is -2.35. The maximum absolute atomic E-state index is 11.1. The van der Waals surface area contributed by atoms with Crippen LogP contribution in [0.4, 0.5) is 0 Å². The molecule has 1 rings (SSSR count). The standard InChI is InChI=1S/C11H14O4/c1-3-15-11(2,10(13)14)8-6-4-5-7-9(8)12/h4-7,12H,3H2,1-2H3,(H,13,14). The van der Waals surface area contributed by atoms with Crippen molar-refractivity contribution in [1.29, 1.82) is 0 Å². The fourth-order valence-electron chi connectivity index (χ4n) is 1.42. The van der Waals surface area contributed by atoms with Gasteiger partial charge in [0.15, 0.2) is 5.60 Å². The molecule has 0 saturated heterocycles. The molecule has 1 aromatic rings. The molecule has 4 heteroatoms. The number of ether oxygens (including phenoxy) is 1. The molecule has 0 saturated carbocycles. The van der Waals surface area contributed by atoms with Crippen molar-refractivity contribution in [2.24, 2.45) is 0 Å². The quantitative estimate of drug-likeness (QED) is 0.794. The van der Waals surface area contributed by atoms with Gasteiger partial charge in [0, 0.05) is 12.2 Å². The minimum absolute atomic E-state index is 0.0733. The highest BCUT2D eigenvalue weighted by molar-refractivity contribution is 5.80. The number of carboxylic acids is 1. The minimum Gasteiger partial charge on any atom is -0.508 e. The van der Waals surface area contributed by atoms with Crippen molar-refractivity contribution in [1.82, 2.24) is 0 Å². The Morgan fingerprint density at radius 1 is 1.47 bits per heavy atom. The molecule has 82 valence electrons. The summed E-state index contributed by atoms with van der Waals surface area (Å²) < 4.78 is 5.20. The first kappa shape index (κ1) is 11.5. The second-order valence-corrected chi connectivity index (χ2v) is 3.29. The number of carbonyl (C=O) groups is 1. The molecule has 0 aliphatic carbocycles. The third kappa shape index (κ3) is 2.10. The lowest BCUT2D eigenvalue weighted by molar-refractivity contribution is -0.164. The van der Waals surface area contributed by atoms with E-state index >= 15 is 0 Å². The normalized spacial score (nSPS) is 14.5.